The number of carbonyl (C=O) groups is 1. The summed E-state index contributed by atoms with van der Waals surface area (Å²) in [6.45, 7) is 2.44. The van der Waals surface area contributed by atoms with Gasteiger partial charge >= 0.3 is 0 Å². The summed E-state index contributed by atoms with van der Waals surface area (Å²) in [5.74, 6) is -0.164. The third kappa shape index (κ3) is 2.56. The van der Waals surface area contributed by atoms with E-state index in [1.807, 2.05) is 14.0 Å². The van der Waals surface area contributed by atoms with E-state index in [4.69, 9.17) is 5.73 Å². The summed E-state index contributed by atoms with van der Waals surface area (Å²) in [6, 6.07) is 0.0320. The maximum Gasteiger partial charge on any atom is 0.271 e. The number of hydrogen-bond acceptors (Lipinski definition) is 3. The van der Waals surface area contributed by atoms with Crippen LogP contribution in [0.15, 0.2) is 12.5 Å². The number of imidazole rings is 1. The first-order valence-electron chi connectivity index (χ1n) is 4.66. The van der Waals surface area contributed by atoms with Gasteiger partial charge in [0.05, 0.1) is 6.33 Å². The number of nitrogens with one attached hydrogen (secondary N) is 1. The number of amides is 1. The zero-order chi connectivity index (χ0) is 10.6. The van der Waals surface area contributed by atoms with Gasteiger partial charge in [-0.1, -0.05) is 6.92 Å². The SMILES string of the molecule is CCC(CN)NC(=O)c1cn(C)cn1. The number of nitrogens with two attached hydrogens (primary N) is 1. The van der Waals surface area contributed by atoms with Crippen molar-refractivity contribution in [2.45, 2.75) is 19.4 Å². The van der Waals surface area contributed by atoms with Crippen LogP contribution in [0.25, 0.3) is 0 Å². The molecule has 0 bridgehead atoms. The van der Waals surface area contributed by atoms with Crippen LogP contribution in [0.1, 0.15) is 23.8 Å². The molecular formula is C9H16N4O. The molecule has 14 heavy (non-hydrogen) atoms. The van der Waals surface area contributed by atoms with Gasteiger partial charge in [0.15, 0.2) is 0 Å². The minimum atomic E-state index is -0.164. The fourth-order valence-electron chi connectivity index (χ4n) is 1.12. The third-order valence-electron chi connectivity index (χ3n) is 2.05. The molecule has 1 heterocycles. The van der Waals surface area contributed by atoms with Crippen molar-refractivity contribution in [3.8, 4) is 0 Å². The predicted octanol–water partition coefficient (Wildman–Crippen LogP) is -0.113. The smallest absolute Gasteiger partial charge is 0.271 e. The minimum Gasteiger partial charge on any atom is -0.347 e. The molecule has 78 valence electrons. The molecule has 1 aromatic rings. The highest BCUT2D eigenvalue weighted by molar-refractivity contribution is 5.92. The van der Waals surface area contributed by atoms with E-state index >= 15 is 0 Å². The Labute approximate surface area is 83.3 Å². The van der Waals surface area contributed by atoms with Gasteiger partial charge in [0, 0.05) is 25.8 Å². The molecule has 0 aliphatic carbocycles. The van der Waals surface area contributed by atoms with Crippen LogP contribution in [0, 0.1) is 0 Å². The molecule has 1 aromatic heterocycles. The molecule has 3 N–H and O–H groups in total. The summed E-state index contributed by atoms with van der Waals surface area (Å²) in [6.07, 6.45) is 4.10. The maximum atomic E-state index is 11.5. The third-order valence-corrected chi connectivity index (χ3v) is 2.05. The molecule has 1 rings (SSSR count). The predicted molar refractivity (Wildman–Crippen MR) is 53.8 cm³/mol. The van der Waals surface area contributed by atoms with Gasteiger partial charge in [-0.3, -0.25) is 4.79 Å². The van der Waals surface area contributed by atoms with Crippen molar-refractivity contribution >= 4 is 5.91 Å². The second-order valence-corrected chi connectivity index (χ2v) is 3.24. The van der Waals surface area contributed by atoms with Crippen LogP contribution in [-0.4, -0.2) is 28.0 Å². The highest BCUT2D eigenvalue weighted by Crippen LogP contribution is 1.96. The maximum absolute atomic E-state index is 11.5. The van der Waals surface area contributed by atoms with Gasteiger partial charge in [0.1, 0.15) is 5.69 Å². The Morgan fingerprint density at radius 1 is 1.79 bits per heavy atom. The van der Waals surface area contributed by atoms with Gasteiger partial charge in [-0.2, -0.15) is 0 Å². The zero-order valence-corrected chi connectivity index (χ0v) is 8.53. The van der Waals surface area contributed by atoms with Crippen LogP contribution in [0.2, 0.25) is 0 Å². The molecule has 0 saturated carbocycles. The first kappa shape index (κ1) is 10.7. The lowest BCUT2D eigenvalue weighted by atomic mass is 10.2. The van der Waals surface area contributed by atoms with Gasteiger partial charge in [-0.25, -0.2) is 4.98 Å². The Kier molecular flexibility index (Phi) is 3.64. The van der Waals surface area contributed by atoms with E-state index in [1.165, 1.54) is 0 Å². The number of hydrogen-bond donors (Lipinski definition) is 2. The molecule has 1 atom stereocenters. The highest BCUT2D eigenvalue weighted by Gasteiger charge is 2.12. The molecule has 0 aliphatic rings. The van der Waals surface area contributed by atoms with E-state index in [-0.39, 0.29) is 11.9 Å². The fraction of sp³-hybridized carbons (Fsp3) is 0.556. The fourth-order valence-corrected chi connectivity index (χ4v) is 1.12. The van der Waals surface area contributed by atoms with E-state index in [0.29, 0.717) is 12.2 Å². The summed E-state index contributed by atoms with van der Waals surface area (Å²) < 4.78 is 1.73. The van der Waals surface area contributed by atoms with Crippen molar-refractivity contribution in [2.24, 2.45) is 12.8 Å². The molecular weight excluding hydrogens is 180 g/mol. The lowest BCUT2D eigenvalue weighted by Crippen LogP contribution is -2.39. The van der Waals surface area contributed by atoms with Gasteiger partial charge in [0.25, 0.3) is 5.91 Å². The number of aromatic nitrogens is 2. The van der Waals surface area contributed by atoms with Gasteiger partial charge in [0.2, 0.25) is 0 Å². The molecule has 5 nitrogen and oxygen atoms in total. The van der Waals surface area contributed by atoms with Gasteiger partial charge < -0.3 is 15.6 Å². The van der Waals surface area contributed by atoms with Crippen LogP contribution < -0.4 is 11.1 Å². The first-order chi connectivity index (χ1) is 6.67. The topological polar surface area (TPSA) is 72.9 Å². The summed E-state index contributed by atoms with van der Waals surface area (Å²) in [5, 5.41) is 2.81. The van der Waals surface area contributed by atoms with Crippen molar-refractivity contribution < 1.29 is 4.79 Å². The van der Waals surface area contributed by atoms with E-state index < -0.39 is 0 Å². The second kappa shape index (κ2) is 4.76. The molecule has 0 aromatic carbocycles. The molecule has 0 radical (unpaired) electrons. The van der Waals surface area contributed by atoms with Crippen LogP contribution in [0.5, 0.6) is 0 Å². The number of nitrogens with zero attached hydrogens (tertiary/aromatic N) is 2. The monoisotopic (exact) mass is 196 g/mol. The largest absolute Gasteiger partial charge is 0.347 e. The number of carbonyl (C=O) groups excluding carboxylic acids is 1. The Morgan fingerprint density at radius 2 is 2.50 bits per heavy atom. The lowest BCUT2D eigenvalue weighted by Gasteiger charge is -2.12. The Balaban J connectivity index is 2.58. The van der Waals surface area contributed by atoms with E-state index in [1.54, 1.807) is 17.1 Å². The average Bonchev–Trinajstić information content (AvgIpc) is 2.61. The second-order valence-electron chi connectivity index (χ2n) is 3.24. The summed E-state index contributed by atoms with van der Waals surface area (Å²) in [5.41, 5.74) is 5.90. The summed E-state index contributed by atoms with van der Waals surface area (Å²) in [4.78, 5) is 15.5. The average molecular weight is 196 g/mol. The molecule has 1 amide bonds. The van der Waals surface area contributed by atoms with Crippen molar-refractivity contribution in [3.05, 3.63) is 18.2 Å². The van der Waals surface area contributed by atoms with Crippen LogP contribution in [0.3, 0.4) is 0 Å². The Morgan fingerprint density at radius 3 is 2.93 bits per heavy atom. The van der Waals surface area contributed by atoms with Crippen molar-refractivity contribution in [2.75, 3.05) is 6.54 Å². The Bertz CT molecular complexity index is 304. The number of aryl methyl sites for hydroxylation is 1. The van der Waals surface area contributed by atoms with E-state index in [9.17, 15) is 4.79 Å². The standard InChI is InChI=1S/C9H16N4O/c1-3-7(4-10)12-9(14)8-5-13(2)6-11-8/h5-7H,3-4,10H2,1-2H3,(H,12,14). The first-order valence-corrected chi connectivity index (χ1v) is 4.66. The van der Waals surface area contributed by atoms with Gasteiger partial charge in [-0.15, -0.1) is 0 Å². The Hall–Kier alpha value is -1.36. The van der Waals surface area contributed by atoms with Crippen LogP contribution in [0.4, 0.5) is 0 Å². The summed E-state index contributed by atoms with van der Waals surface area (Å²) in [7, 11) is 1.82. The van der Waals surface area contributed by atoms with Crippen molar-refractivity contribution in [3.63, 3.8) is 0 Å². The highest BCUT2D eigenvalue weighted by atomic mass is 16.2. The zero-order valence-electron chi connectivity index (χ0n) is 8.53. The molecule has 0 saturated heterocycles. The lowest BCUT2D eigenvalue weighted by molar-refractivity contribution is 0.0932. The van der Waals surface area contributed by atoms with Crippen molar-refractivity contribution in [1.29, 1.82) is 0 Å². The van der Waals surface area contributed by atoms with E-state index in [0.717, 1.165) is 6.42 Å². The normalized spacial score (nSPS) is 12.5. The minimum absolute atomic E-state index is 0.0320. The quantitative estimate of drug-likeness (QED) is 0.705. The molecule has 5 heteroatoms. The molecule has 1 unspecified atom stereocenters. The van der Waals surface area contributed by atoms with Crippen LogP contribution >= 0.6 is 0 Å². The number of rotatable bonds is 4. The summed E-state index contributed by atoms with van der Waals surface area (Å²) >= 11 is 0. The van der Waals surface area contributed by atoms with Crippen molar-refractivity contribution in [1.82, 2.24) is 14.9 Å². The molecule has 0 aliphatic heterocycles. The van der Waals surface area contributed by atoms with Gasteiger partial charge in [-0.05, 0) is 6.42 Å². The molecule has 0 spiro atoms. The van der Waals surface area contributed by atoms with Crippen LogP contribution in [-0.2, 0) is 7.05 Å². The molecule has 0 fully saturated rings. The van der Waals surface area contributed by atoms with E-state index in [2.05, 4.69) is 10.3 Å².